The minimum atomic E-state index is -1.10. The van der Waals surface area contributed by atoms with Gasteiger partial charge >= 0.3 is 0 Å². The Morgan fingerprint density at radius 1 is 1.18 bits per heavy atom. The molecule has 3 aromatic rings. The molecule has 1 amide bonds. The second-order valence-corrected chi connectivity index (χ2v) is 8.41. The molecule has 0 radical (unpaired) electrons. The molecule has 176 valence electrons. The predicted molar refractivity (Wildman–Crippen MR) is 127 cm³/mol. The van der Waals surface area contributed by atoms with Crippen molar-refractivity contribution in [3.05, 3.63) is 65.0 Å². The maximum Gasteiger partial charge on any atom is 0.256 e. The average molecular weight is 462 g/mol. The Hall–Kier alpha value is -3.60. The first-order valence-electron chi connectivity index (χ1n) is 11.3. The molecule has 10 heteroatoms. The monoisotopic (exact) mass is 461 g/mol. The highest BCUT2D eigenvalue weighted by Crippen LogP contribution is 2.29. The lowest BCUT2D eigenvalue weighted by atomic mass is 9.97. The summed E-state index contributed by atoms with van der Waals surface area (Å²) in [6.45, 7) is 4.55. The summed E-state index contributed by atoms with van der Waals surface area (Å²) in [5.74, 6) is 0.827. The van der Waals surface area contributed by atoms with Crippen LogP contribution in [0, 0.1) is 0 Å². The third-order valence-corrected chi connectivity index (χ3v) is 5.87. The topological polar surface area (TPSA) is 133 Å². The molecular weight excluding hydrogens is 434 g/mol. The minimum absolute atomic E-state index is 0.200. The molecule has 4 heterocycles. The fourth-order valence-corrected chi connectivity index (χ4v) is 3.97. The molecule has 0 bridgehead atoms. The Morgan fingerprint density at radius 3 is 2.85 bits per heavy atom. The Morgan fingerprint density at radius 2 is 2.06 bits per heavy atom. The lowest BCUT2D eigenvalue weighted by molar-refractivity contribution is -0.186. The lowest BCUT2D eigenvalue weighted by Crippen LogP contribution is -2.47. The van der Waals surface area contributed by atoms with Crippen LogP contribution in [0.3, 0.4) is 0 Å². The molecule has 2 aliphatic heterocycles. The molecule has 34 heavy (non-hydrogen) atoms. The van der Waals surface area contributed by atoms with Crippen molar-refractivity contribution >= 4 is 29.2 Å². The van der Waals surface area contributed by atoms with E-state index in [9.17, 15) is 9.90 Å². The van der Waals surface area contributed by atoms with E-state index in [2.05, 4.69) is 48.4 Å². The SMILES string of the molecule is CCNC(=O)c1cnc(Nc2ccc3c(c2)CCNC3)nc1Nc1cccc(C2(O)COC2)n1. The number of nitrogens with zero attached hydrogens (tertiary/aromatic N) is 3. The van der Waals surface area contributed by atoms with E-state index in [0.717, 1.165) is 25.2 Å². The van der Waals surface area contributed by atoms with Gasteiger partial charge in [-0.1, -0.05) is 12.1 Å². The second-order valence-electron chi connectivity index (χ2n) is 8.41. The Balaban J connectivity index is 1.43. The molecule has 10 nitrogen and oxygen atoms in total. The van der Waals surface area contributed by atoms with Gasteiger partial charge in [-0.15, -0.1) is 0 Å². The van der Waals surface area contributed by atoms with Crippen LogP contribution in [-0.2, 0) is 23.3 Å². The number of hydrogen-bond donors (Lipinski definition) is 5. The van der Waals surface area contributed by atoms with Crippen LogP contribution < -0.4 is 21.3 Å². The lowest BCUT2D eigenvalue weighted by Gasteiger charge is -2.35. The zero-order valence-corrected chi connectivity index (χ0v) is 18.9. The van der Waals surface area contributed by atoms with Gasteiger partial charge in [-0.3, -0.25) is 4.79 Å². The normalized spacial score (nSPS) is 16.2. The van der Waals surface area contributed by atoms with Crippen LogP contribution in [0.4, 0.5) is 23.3 Å². The maximum atomic E-state index is 12.6. The molecule has 1 fully saturated rings. The van der Waals surface area contributed by atoms with Gasteiger partial charge in [0.2, 0.25) is 5.95 Å². The van der Waals surface area contributed by atoms with Crippen LogP contribution >= 0.6 is 0 Å². The van der Waals surface area contributed by atoms with E-state index >= 15 is 0 Å². The number of fused-ring (bicyclic) bond motifs is 1. The Labute approximate surface area is 197 Å². The quantitative estimate of drug-likeness (QED) is 0.358. The predicted octanol–water partition coefficient (Wildman–Crippen LogP) is 1.97. The van der Waals surface area contributed by atoms with Crippen LogP contribution in [0.25, 0.3) is 0 Å². The summed E-state index contributed by atoms with van der Waals surface area (Å²) in [5.41, 5.74) is 3.15. The van der Waals surface area contributed by atoms with E-state index in [0.29, 0.717) is 35.4 Å². The number of hydrogen-bond acceptors (Lipinski definition) is 9. The Kier molecular flexibility index (Phi) is 6.10. The molecule has 0 saturated carbocycles. The first-order valence-corrected chi connectivity index (χ1v) is 11.3. The van der Waals surface area contributed by atoms with Crippen molar-refractivity contribution in [2.75, 3.05) is 36.9 Å². The highest BCUT2D eigenvalue weighted by Gasteiger charge is 2.39. The molecule has 0 spiro atoms. The van der Waals surface area contributed by atoms with E-state index in [4.69, 9.17) is 4.74 Å². The maximum absolute atomic E-state index is 12.6. The minimum Gasteiger partial charge on any atom is -0.379 e. The van der Waals surface area contributed by atoms with Crippen LogP contribution in [0.15, 0.2) is 42.6 Å². The van der Waals surface area contributed by atoms with Gasteiger partial charge in [-0.2, -0.15) is 4.98 Å². The van der Waals surface area contributed by atoms with Crippen molar-refractivity contribution < 1.29 is 14.6 Å². The van der Waals surface area contributed by atoms with E-state index < -0.39 is 5.60 Å². The number of carbonyl (C=O) groups is 1. The smallest absolute Gasteiger partial charge is 0.256 e. The number of rotatable bonds is 7. The van der Waals surface area contributed by atoms with Crippen LogP contribution in [0.1, 0.15) is 34.1 Å². The fourth-order valence-electron chi connectivity index (χ4n) is 3.97. The summed E-state index contributed by atoms with van der Waals surface area (Å²) in [5, 5.41) is 23.1. The van der Waals surface area contributed by atoms with Crippen LogP contribution in [0.5, 0.6) is 0 Å². The molecule has 1 saturated heterocycles. The average Bonchev–Trinajstić information content (AvgIpc) is 2.83. The zero-order valence-electron chi connectivity index (χ0n) is 18.9. The number of pyridine rings is 1. The summed E-state index contributed by atoms with van der Waals surface area (Å²) in [6.07, 6.45) is 2.45. The van der Waals surface area contributed by atoms with Gasteiger partial charge in [0.05, 0.1) is 18.9 Å². The number of aliphatic hydroxyl groups is 1. The van der Waals surface area contributed by atoms with Gasteiger partial charge in [-0.05, 0) is 55.3 Å². The van der Waals surface area contributed by atoms with E-state index in [-0.39, 0.29) is 19.1 Å². The molecule has 2 aromatic heterocycles. The molecule has 0 aliphatic carbocycles. The zero-order chi connectivity index (χ0) is 23.5. The molecule has 5 N–H and O–H groups in total. The first kappa shape index (κ1) is 22.2. The highest BCUT2D eigenvalue weighted by molar-refractivity contribution is 5.99. The molecule has 0 unspecified atom stereocenters. The van der Waals surface area contributed by atoms with E-state index in [1.165, 1.54) is 17.3 Å². The number of ether oxygens (including phenoxy) is 1. The summed E-state index contributed by atoms with van der Waals surface area (Å²) >= 11 is 0. The number of amides is 1. The van der Waals surface area contributed by atoms with Crippen molar-refractivity contribution in [3.8, 4) is 0 Å². The van der Waals surface area contributed by atoms with Crippen molar-refractivity contribution in [2.24, 2.45) is 0 Å². The third-order valence-electron chi connectivity index (χ3n) is 5.87. The van der Waals surface area contributed by atoms with Crippen molar-refractivity contribution in [3.63, 3.8) is 0 Å². The van der Waals surface area contributed by atoms with Crippen LogP contribution in [0.2, 0.25) is 0 Å². The third kappa shape index (κ3) is 4.56. The number of carbonyl (C=O) groups excluding carboxylic acids is 1. The molecule has 5 rings (SSSR count). The number of anilines is 4. The van der Waals surface area contributed by atoms with Gasteiger partial charge in [0, 0.05) is 25.0 Å². The summed E-state index contributed by atoms with van der Waals surface area (Å²) in [4.78, 5) is 26.1. The molecule has 0 atom stereocenters. The van der Waals surface area contributed by atoms with Gasteiger partial charge in [0.15, 0.2) is 5.60 Å². The number of benzene rings is 1. The van der Waals surface area contributed by atoms with Gasteiger partial charge < -0.3 is 31.1 Å². The van der Waals surface area contributed by atoms with Crippen molar-refractivity contribution in [2.45, 2.75) is 25.5 Å². The number of nitrogens with one attached hydrogen (secondary N) is 4. The van der Waals surface area contributed by atoms with Gasteiger partial charge in [-0.25, -0.2) is 9.97 Å². The van der Waals surface area contributed by atoms with E-state index in [1.807, 2.05) is 13.0 Å². The largest absolute Gasteiger partial charge is 0.379 e. The molecule has 1 aromatic carbocycles. The van der Waals surface area contributed by atoms with Crippen LogP contribution in [-0.4, -0.2) is 52.3 Å². The second kappa shape index (κ2) is 9.34. The first-order chi connectivity index (χ1) is 16.5. The number of aromatic nitrogens is 3. The van der Waals surface area contributed by atoms with Gasteiger partial charge in [0.1, 0.15) is 17.2 Å². The van der Waals surface area contributed by atoms with Crippen molar-refractivity contribution in [1.29, 1.82) is 0 Å². The summed E-state index contributed by atoms with van der Waals surface area (Å²) < 4.78 is 5.14. The van der Waals surface area contributed by atoms with Crippen molar-refractivity contribution in [1.82, 2.24) is 25.6 Å². The van der Waals surface area contributed by atoms with Gasteiger partial charge in [0.25, 0.3) is 5.91 Å². The standard InChI is InChI=1S/C24H27N7O3/c1-2-26-22(32)18-12-27-23(28-17-7-6-16-11-25-9-8-15(16)10-17)31-21(18)30-20-5-3-4-19(29-20)24(33)13-34-14-24/h3-7,10,12,25,33H,2,8-9,11,13-14H2,1H3,(H,26,32)(H2,27,28,29,30,31). The van der Waals surface area contributed by atoms with E-state index in [1.54, 1.807) is 18.2 Å². The molecular formula is C24H27N7O3. The summed E-state index contributed by atoms with van der Waals surface area (Å²) in [6, 6.07) is 11.5. The molecule has 2 aliphatic rings. The summed E-state index contributed by atoms with van der Waals surface area (Å²) in [7, 11) is 0. The fraction of sp³-hybridized carbons (Fsp3) is 0.333. The Bertz CT molecular complexity index is 1210. The highest BCUT2D eigenvalue weighted by atomic mass is 16.5.